The minimum atomic E-state index is -3.37. The first kappa shape index (κ1) is 19.9. The summed E-state index contributed by atoms with van der Waals surface area (Å²) in [6.07, 6.45) is 1.01. The van der Waals surface area contributed by atoms with Crippen LogP contribution < -0.4 is 5.32 Å². The standard InChI is InChI=1S/C19H17F3N2O3S/c1-28(26,27)10-23-17(25)7-6-14-15-8-13(21)9-16(22)19(15)24-18(14)11-2-4-12(20)5-3-11/h2-5,8-9,24H,6-7,10H2,1H3,(H,23,25). The summed E-state index contributed by atoms with van der Waals surface area (Å²) in [7, 11) is -3.37. The number of hydrogen-bond acceptors (Lipinski definition) is 3. The number of aryl methyl sites for hydroxylation is 1. The molecular formula is C19H17F3N2O3S. The molecule has 0 saturated heterocycles. The van der Waals surface area contributed by atoms with Crippen LogP contribution in [0, 0.1) is 17.5 Å². The predicted molar refractivity (Wildman–Crippen MR) is 99.8 cm³/mol. The summed E-state index contributed by atoms with van der Waals surface area (Å²) in [5, 5.41) is 2.56. The maximum atomic E-state index is 14.2. The lowest BCUT2D eigenvalue weighted by Gasteiger charge is -2.07. The summed E-state index contributed by atoms with van der Waals surface area (Å²) < 4.78 is 63.5. The molecule has 5 nitrogen and oxygen atoms in total. The van der Waals surface area contributed by atoms with Crippen molar-refractivity contribution in [3.8, 4) is 11.3 Å². The van der Waals surface area contributed by atoms with Crippen molar-refractivity contribution in [1.29, 1.82) is 0 Å². The predicted octanol–water partition coefficient (Wildman–Crippen LogP) is 3.30. The van der Waals surface area contributed by atoms with Crippen molar-refractivity contribution < 1.29 is 26.4 Å². The fourth-order valence-corrected chi connectivity index (χ4v) is 3.36. The van der Waals surface area contributed by atoms with E-state index in [-0.39, 0.29) is 23.7 Å². The number of carbonyl (C=O) groups is 1. The molecule has 0 aliphatic rings. The van der Waals surface area contributed by atoms with Crippen molar-refractivity contribution in [3.63, 3.8) is 0 Å². The monoisotopic (exact) mass is 410 g/mol. The summed E-state index contributed by atoms with van der Waals surface area (Å²) in [4.78, 5) is 14.8. The van der Waals surface area contributed by atoms with E-state index in [1.165, 1.54) is 24.3 Å². The molecule has 1 aromatic heterocycles. The number of nitrogens with one attached hydrogen (secondary N) is 2. The highest BCUT2D eigenvalue weighted by molar-refractivity contribution is 7.90. The van der Waals surface area contributed by atoms with Crippen LogP contribution in [0.3, 0.4) is 0 Å². The Balaban J connectivity index is 1.97. The molecule has 2 aromatic carbocycles. The van der Waals surface area contributed by atoms with E-state index < -0.39 is 39.1 Å². The number of aromatic nitrogens is 1. The lowest BCUT2D eigenvalue weighted by molar-refractivity contribution is -0.120. The summed E-state index contributed by atoms with van der Waals surface area (Å²) in [6, 6.07) is 7.35. The molecule has 0 fully saturated rings. The van der Waals surface area contributed by atoms with Crippen LogP contribution in [-0.2, 0) is 21.1 Å². The van der Waals surface area contributed by atoms with Crippen molar-refractivity contribution in [1.82, 2.24) is 10.3 Å². The Morgan fingerprint density at radius 2 is 1.75 bits per heavy atom. The zero-order valence-corrected chi connectivity index (χ0v) is 15.7. The Hall–Kier alpha value is -2.81. The largest absolute Gasteiger partial charge is 0.352 e. The highest BCUT2D eigenvalue weighted by Gasteiger charge is 2.18. The van der Waals surface area contributed by atoms with Gasteiger partial charge in [0.15, 0.2) is 9.84 Å². The molecule has 3 aromatic rings. The lowest BCUT2D eigenvalue weighted by atomic mass is 10.0. The fourth-order valence-electron chi connectivity index (χ4n) is 2.93. The van der Waals surface area contributed by atoms with Crippen LogP contribution in [0.15, 0.2) is 36.4 Å². The van der Waals surface area contributed by atoms with E-state index >= 15 is 0 Å². The number of hydrogen-bond donors (Lipinski definition) is 2. The smallest absolute Gasteiger partial charge is 0.221 e. The van der Waals surface area contributed by atoms with Crippen molar-refractivity contribution in [2.75, 3.05) is 12.1 Å². The Bertz CT molecular complexity index is 1140. The first-order valence-corrected chi connectivity index (χ1v) is 10.4. The molecular weight excluding hydrogens is 393 g/mol. The van der Waals surface area contributed by atoms with E-state index in [9.17, 15) is 26.4 Å². The molecule has 1 amide bonds. The number of benzene rings is 2. The van der Waals surface area contributed by atoms with E-state index in [2.05, 4.69) is 10.3 Å². The lowest BCUT2D eigenvalue weighted by Crippen LogP contribution is -2.29. The van der Waals surface area contributed by atoms with Gasteiger partial charge in [-0.3, -0.25) is 4.79 Å². The maximum Gasteiger partial charge on any atom is 0.221 e. The number of carbonyl (C=O) groups excluding carboxylic acids is 1. The number of amides is 1. The number of aromatic amines is 1. The van der Waals surface area contributed by atoms with E-state index in [1.807, 2.05) is 0 Å². The Morgan fingerprint density at radius 1 is 1.07 bits per heavy atom. The minimum absolute atomic E-state index is 0.0762. The third-order valence-electron chi connectivity index (χ3n) is 4.20. The van der Waals surface area contributed by atoms with Crippen molar-refractivity contribution in [3.05, 3.63) is 59.4 Å². The zero-order valence-electron chi connectivity index (χ0n) is 14.9. The molecule has 0 atom stereocenters. The Labute approximate surface area is 159 Å². The van der Waals surface area contributed by atoms with Crippen LogP contribution in [-0.4, -0.2) is 31.4 Å². The van der Waals surface area contributed by atoms with Crippen LogP contribution in [0.5, 0.6) is 0 Å². The molecule has 148 valence electrons. The topological polar surface area (TPSA) is 79.0 Å². The van der Waals surface area contributed by atoms with Crippen LogP contribution in [0.1, 0.15) is 12.0 Å². The van der Waals surface area contributed by atoms with Gasteiger partial charge in [-0.25, -0.2) is 21.6 Å². The van der Waals surface area contributed by atoms with Gasteiger partial charge in [0, 0.05) is 29.8 Å². The summed E-state index contributed by atoms with van der Waals surface area (Å²) in [5.74, 6) is -3.00. The van der Waals surface area contributed by atoms with Gasteiger partial charge in [-0.1, -0.05) is 0 Å². The van der Waals surface area contributed by atoms with E-state index in [4.69, 9.17) is 0 Å². The number of fused-ring (bicyclic) bond motifs is 1. The van der Waals surface area contributed by atoms with E-state index in [0.29, 0.717) is 16.8 Å². The fraction of sp³-hybridized carbons (Fsp3) is 0.211. The van der Waals surface area contributed by atoms with Crippen molar-refractivity contribution >= 4 is 26.6 Å². The molecule has 0 radical (unpaired) electrons. The van der Waals surface area contributed by atoms with Gasteiger partial charge in [0.25, 0.3) is 0 Å². The molecule has 0 saturated carbocycles. The highest BCUT2D eigenvalue weighted by atomic mass is 32.2. The number of sulfone groups is 1. The van der Waals surface area contributed by atoms with Crippen LogP contribution >= 0.6 is 0 Å². The number of rotatable bonds is 6. The summed E-state index contributed by atoms with van der Waals surface area (Å²) in [6.45, 7) is 0. The van der Waals surface area contributed by atoms with Crippen molar-refractivity contribution in [2.24, 2.45) is 0 Å². The van der Waals surface area contributed by atoms with Gasteiger partial charge in [-0.15, -0.1) is 0 Å². The molecule has 1 heterocycles. The van der Waals surface area contributed by atoms with Gasteiger partial charge in [-0.2, -0.15) is 0 Å². The molecule has 3 rings (SSSR count). The SMILES string of the molecule is CS(=O)(=O)CNC(=O)CCc1c(-c2ccc(F)cc2)[nH]c2c(F)cc(F)cc12. The summed E-state index contributed by atoms with van der Waals surface area (Å²) >= 11 is 0. The first-order chi connectivity index (χ1) is 13.1. The second-order valence-corrected chi connectivity index (χ2v) is 8.61. The highest BCUT2D eigenvalue weighted by Crippen LogP contribution is 2.33. The maximum absolute atomic E-state index is 14.2. The average molecular weight is 410 g/mol. The molecule has 0 spiro atoms. The number of halogens is 3. The summed E-state index contributed by atoms with van der Waals surface area (Å²) in [5.41, 5.74) is 1.54. The first-order valence-electron chi connectivity index (χ1n) is 8.34. The van der Waals surface area contributed by atoms with Gasteiger partial charge in [-0.05, 0) is 47.9 Å². The normalized spacial score (nSPS) is 11.7. The zero-order chi connectivity index (χ0) is 20.5. The Kier molecular flexibility index (Phi) is 5.46. The molecule has 2 N–H and O–H groups in total. The van der Waals surface area contributed by atoms with Gasteiger partial charge >= 0.3 is 0 Å². The van der Waals surface area contributed by atoms with E-state index in [0.717, 1.165) is 18.4 Å². The van der Waals surface area contributed by atoms with Gasteiger partial charge in [0.1, 0.15) is 23.3 Å². The van der Waals surface area contributed by atoms with E-state index in [1.54, 1.807) is 0 Å². The third kappa shape index (κ3) is 4.53. The van der Waals surface area contributed by atoms with Gasteiger partial charge in [0.2, 0.25) is 5.91 Å². The molecule has 9 heteroatoms. The molecule has 0 bridgehead atoms. The van der Waals surface area contributed by atoms with Crippen molar-refractivity contribution in [2.45, 2.75) is 12.8 Å². The average Bonchev–Trinajstić information content (AvgIpc) is 2.97. The molecule has 0 unspecified atom stereocenters. The second-order valence-electron chi connectivity index (χ2n) is 6.47. The number of H-pyrrole nitrogens is 1. The third-order valence-corrected chi connectivity index (χ3v) is 4.87. The Morgan fingerprint density at radius 3 is 2.39 bits per heavy atom. The second kappa shape index (κ2) is 7.67. The van der Waals surface area contributed by atoms with Crippen LogP contribution in [0.25, 0.3) is 22.2 Å². The molecule has 28 heavy (non-hydrogen) atoms. The minimum Gasteiger partial charge on any atom is -0.352 e. The van der Waals surface area contributed by atoms with Gasteiger partial charge < -0.3 is 10.3 Å². The molecule has 0 aliphatic carbocycles. The van der Waals surface area contributed by atoms with Gasteiger partial charge in [0.05, 0.1) is 5.52 Å². The quantitative estimate of drug-likeness (QED) is 0.655. The molecule has 0 aliphatic heterocycles. The van der Waals surface area contributed by atoms with Crippen LogP contribution in [0.4, 0.5) is 13.2 Å². The van der Waals surface area contributed by atoms with Crippen LogP contribution in [0.2, 0.25) is 0 Å².